The fourth-order valence-corrected chi connectivity index (χ4v) is 3.82. The van der Waals surface area contributed by atoms with Crippen LogP contribution < -0.4 is 5.14 Å². The van der Waals surface area contributed by atoms with Gasteiger partial charge in [0.25, 0.3) is 5.89 Å². The Bertz CT molecular complexity index is 1030. The molecule has 0 aliphatic rings. The summed E-state index contributed by atoms with van der Waals surface area (Å²) in [4.78, 5) is 16.1. The zero-order valence-electron chi connectivity index (χ0n) is 12.4. The van der Waals surface area contributed by atoms with E-state index in [0.29, 0.717) is 5.82 Å². The normalized spacial score (nSPS) is 11.4. The lowest BCUT2D eigenvalue weighted by molar-refractivity contribution is 0.0430. The summed E-state index contributed by atoms with van der Waals surface area (Å²) in [5.74, 6) is -0.238. The third-order valence-electron chi connectivity index (χ3n) is 2.97. The highest BCUT2D eigenvalue weighted by molar-refractivity contribution is 9.10. The van der Waals surface area contributed by atoms with Gasteiger partial charge in [-0.3, -0.25) is 0 Å². The van der Waals surface area contributed by atoms with E-state index in [4.69, 9.17) is 14.4 Å². The second kappa shape index (κ2) is 7.04. The molecule has 0 unspecified atom stereocenters. The number of hydrogen-bond acceptors (Lipinski definition) is 8. The molecule has 0 atom stereocenters. The molecule has 2 N–H and O–H groups in total. The van der Waals surface area contributed by atoms with Crippen molar-refractivity contribution < 1.29 is 22.5 Å². The first-order chi connectivity index (χ1) is 11.8. The molecular weight excluding hydrogens is 434 g/mol. The van der Waals surface area contributed by atoms with Gasteiger partial charge in [-0.05, 0) is 18.2 Å². The minimum Gasteiger partial charge on any atom is -0.452 e. The van der Waals surface area contributed by atoms with E-state index >= 15 is 0 Å². The number of esters is 1. The summed E-state index contributed by atoms with van der Waals surface area (Å²) in [6.07, 6.45) is 0. The molecule has 8 nitrogen and oxygen atoms in total. The molecule has 3 aromatic rings. The number of primary sulfonamides is 1. The van der Waals surface area contributed by atoms with Crippen LogP contribution in [0.5, 0.6) is 0 Å². The first-order valence-corrected chi connectivity index (χ1v) is 9.92. The van der Waals surface area contributed by atoms with Crippen molar-refractivity contribution in [2.75, 3.05) is 0 Å². The number of rotatable bonds is 5. The van der Waals surface area contributed by atoms with Crippen LogP contribution in [0.15, 0.2) is 48.9 Å². The number of sulfonamides is 1. The van der Waals surface area contributed by atoms with Gasteiger partial charge < -0.3 is 9.26 Å². The SMILES string of the molecule is NS(=O)(=O)c1cc(C(=O)OCc2nc(-c3cccc(Br)c3)no2)cs1. The van der Waals surface area contributed by atoms with Gasteiger partial charge in [0.1, 0.15) is 4.21 Å². The number of benzene rings is 1. The molecule has 11 heteroatoms. The van der Waals surface area contributed by atoms with Crippen LogP contribution in [0.3, 0.4) is 0 Å². The van der Waals surface area contributed by atoms with E-state index in [-0.39, 0.29) is 22.3 Å². The zero-order valence-corrected chi connectivity index (χ0v) is 15.6. The van der Waals surface area contributed by atoms with E-state index in [1.807, 2.05) is 24.3 Å². The first-order valence-electron chi connectivity index (χ1n) is 6.70. The first kappa shape index (κ1) is 17.7. The number of carbonyl (C=O) groups excluding carboxylic acids is 1. The van der Waals surface area contributed by atoms with E-state index in [0.717, 1.165) is 27.4 Å². The third kappa shape index (κ3) is 4.31. The van der Waals surface area contributed by atoms with Crippen molar-refractivity contribution >= 4 is 43.3 Å². The zero-order chi connectivity index (χ0) is 18.0. The van der Waals surface area contributed by atoms with E-state index in [9.17, 15) is 13.2 Å². The number of thiophene rings is 1. The number of nitrogens with two attached hydrogens (primary N) is 1. The summed E-state index contributed by atoms with van der Waals surface area (Å²) in [6.45, 7) is -0.236. The van der Waals surface area contributed by atoms with Crippen LogP contribution in [0.1, 0.15) is 16.2 Å². The average Bonchev–Trinajstić information content (AvgIpc) is 3.22. The second-order valence-corrected chi connectivity index (χ2v) is 8.41. The molecule has 0 saturated heterocycles. The molecule has 0 spiro atoms. The number of aromatic nitrogens is 2. The maximum atomic E-state index is 11.9. The molecule has 2 aromatic heterocycles. The van der Waals surface area contributed by atoms with Crippen LogP contribution in [0.2, 0.25) is 0 Å². The van der Waals surface area contributed by atoms with Crippen molar-refractivity contribution in [2.24, 2.45) is 5.14 Å². The fraction of sp³-hybridized carbons (Fsp3) is 0.0714. The number of carbonyl (C=O) groups is 1. The predicted molar refractivity (Wildman–Crippen MR) is 92.2 cm³/mol. The molecule has 1 aromatic carbocycles. The topological polar surface area (TPSA) is 125 Å². The second-order valence-electron chi connectivity index (χ2n) is 4.80. The largest absolute Gasteiger partial charge is 0.452 e. The maximum absolute atomic E-state index is 11.9. The lowest BCUT2D eigenvalue weighted by Crippen LogP contribution is -2.10. The van der Waals surface area contributed by atoms with Crippen molar-refractivity contribution in [3.8, 4) is 11.4 Å². The molecule has 0 aliphatic heterocycles. The van der Waals surface area contributed by atoms with E-state index in [2.05, 4.69) is 26.1 Å². The van der Waals surface area contributed by atoms with E-state index < -0.39 is 16.0 Å². The minimum atomic E-state index is -3.85. The van der Waals surface area contributed by atoms with Crippen molar-refractivity contribution in [1.29, 1.82) is 0 Å². The predicted octanol–water partition coefficient (Wildman–Crippen LogP) is 2.57. The van der Waals surface area contributed by atoms with Crippen LogP contribution in [0, 0.1) is 0 Å². The molecule has 0 aliphatic carbocycles. The molecule has 25 heavy (non-hydrogen) atoms. The fourth-order valence-electron chi connectivity index (χ4n) is 1.84. The number of nitrogens with zero attached hydrogens (tertiary/aromatic N) is 2. The Morgan fingerprint density at radius 2 is 2.16 bits per heavy atom. The van der Waals surface area contributed by atoms with Crippen molar-refractivity contribution in [2.45, 2.75) is 10.8 Å². The monoisotopic (exact) mass is 443 g/mol. The van der Waals surface area contributed by atoms with Crippen LogP contribution >= 0.6 is 27.3 Å². The molecular formula is C14H10BrN3O5S2. The van der Waals surface area contributed by atoms with Crippen LogP contribution in [-0.4, -0.2) is 24.5 Å². The molecule has 0 saturated carbocycles. The average molecular weight is 444 g/mol. The highest BCUT2D eigenvalue weighted by Gasteiger charge is 2.17. The van der Waals surface area contributed by atoms with Gasteiger partial charge in [0.15, 0.2) is 6.61 Å². The van der Waals surface area contributed by atoms with Gasteiger partial charge in [-0.15, -0.1) is 11.3 Å². The Labute approximate surface area is 154 Å². The van der Waals surface area contributed by atoms with Gasteiger partial charge in [0.05, 0.1) is 5.56 Å². The summed E-state index contributed by atoms with van der Waals surface area (Å²) in [7, 11) is -3.85. The molecule has 0 bridgehead atoms. The standard InChI is InChI=1S/C14H10BrN3O5S2/c15-10-3-1-2-8(4-10)13-17-11(23-18-13)6-22-14(19)9-5-12(24-7-9)25(16,20)21/h1-5,7H,6H2,(H2,16,20,21). The number of ether oxygens (including phenoxy) is 1. The quantitative estimate of drug-likeness (QED) is 0.600. The summed E-state index contributed by atoms with van der Waals surface area (Å²) < 4.78 is 33.2. The lowest BCUT2D eigenvalue weighted by Gasteiger charge is -1.98. The van der Waals surface area contributed by atoms with Crippen molar-refractivity contribution in [1.82, 2.24) is 10.1 Å². The Morgan fingerprint density at radius 1 is 1.36 bits per heavy atom. The Balaban J connectivity index is 1.66. The Morgan fingerprint density at radius 3 is 2.84 bits per heavy atom. The molecule has 0 radical (unpaired) electrons. The van der Waals surface area contributed by atoms with Crippen LogP contribution in [-0.2, 0) is 21.4 Å². The van der Waals surface area contributed by atoms with E-state index in [1.165, 1.54) is 5.38 Å². The minimum absolute atomic E-state index is 0.0840. The van der Waals surface area contributed by atoms with Crippen molar-refractivity contribution in [3.05, 3.63) is 51.6 Å². The van der Waals surface area contributed by atoms with Crippen LogP contribution in [0.25, 0.3) is 11.4 Å². The highest BCUT2D eigenvalue weighted by atomic mass is 79.9. The van der Waals surface area contributed by atoms with E-state index in [1.54, 1.807) is 0 Å². The third-order valence-corrected chi connectivity index (χ3v) is 5.85. The summed E-state index contributed by atoms with van der Waals surface area (Å²) in [5, 5.41) is 10.2. The maximum Gasteiger partial charge on any atom is 0.339 e. The number of halogens is 1. The Kier molecular flexibility index (Phi) is 4.99. The molecule has 3 rings (SSSR count). The van der Waals surface area contributed by atoms with Gasteiger partial charge in [-0.2, -0.15) is 4.98 Å². The molecule has 130 valence electrons. The highest BCUT2D eigenvalue weighted by Crippen LogP contribution is 2.22. The summed E-state index contributed by atoms with van der Waals surface area (Å²) in [6, 6.07) is 8.48. The van der Waals surface area contributed by atoms with Crippen molar-refractivity contribution in [3.63, 3.8) is 0 Å². The smallest absolute Gasteiger partial charge is 0.339 e. The molecule has 0 amide bonds. The molecule has 0 fully saturated rings. The van der Waals surface area contributed by atoms with Gasteiger partial charge in [0, 0.05) is 15.4 Å². The lowest BCUT2D eigenvalue weighted by atomic mass is 10.2. The van der Waals surface area contributed by atoms with Gasteiger partial charge in [-0.25, -0.2) is 18.4 Å². The summed E-state index contributed by atoms with van der Waals surface area (Å²) >= 11 is 4.19. The Hall–Kier alpha value is -2.08. The van der Waals surface area contributed by atoms with Gasteiger partial charge in [0.2, 0.25) is 15.8 Å². The molecule has 2 heterocycles. The van der Waals surface area contributed by atoms with Gasteiger partial charge >= 0.3 is 5.97 Å². The van der Waals surface area contributed by atoms with Crippen LogP contribution in [0.4, 0.5) is 0 Å². The van der Waals surface area contributed by atoms with Gasteiger partial charge in [-0.1, -0.05) is 33.2 Å². The number of hydrogen-bond donors (Lipinski definition) is 1. The summed E-state index contributed by atoms with van der Waals surface area (Å²) in [5.41, 5.74) is 0.826.